The topological polar surface area (TPSA) is 29.5 Å². The van der Waals surface area contributed by atoms with Gasteiger partial charge in [0, 0.05) is 19.0 Å². The average Bonchev–Trinajstić information content (AvgIpc) is 2.24. The van der Waals surface area contributed by atoms with Gasteiger partial charge in [-0.25, -0.2) is 0 Å². The van der Waals surface area contributed by atoms with E-state index in [0.717, 1.165) is 19.5 Å². The van der Waals surface area contributed by atoms with E-state index in [9.17, 15) is 4.79 Å². The Kier molecular flexibility index (Phi) is 4.82. The first-order valence-corrected chi connectivity index (χ1v) is 6.98. The third kappa shape index (κ3) is 4.60. The summed E-state index contributed by atoms with van der Waals surface area (Å²) in [5.74, 6) is 0.399. The Morgan fingerprint density at radius 3 is 2.00 bits per heavy atom. The Hall–Kier alpha value is -0.570. The molecule has 0 N–H and O–H groups in total. The number of nitrogens with zero attached hydrogens (tertiary/aromatic N) is 1. The van der Waals surface area contributed by atoms with Crippen LogP contribution in [0.1, 0.15) is 48.0 Å². The van der Waals surface area contributed by atoms with Crippen molar-refractivity contribution in [1.29, 1.82) is 0 Å². The third-order valence-corrected chi connectivity index (χ3v) is 3.48. The molecule has 0 aliphatic carbocycles. The van der Waals surface area contributed by atoms with E-state index in [4.69, 9.17) is 4.74 Å². The summed E-state index contributed by atoms with van der Waals surface area (Å²) in [6.07, 6.45) is 0.937. The van der Waals surface area contributed by atoms with Gasteiger partial charge in [-0.3, -0.25) is 4.79 Å². The number of rotatable bonds is 2. The van der Waals surface area contributed by atoms with Crippen LogP contribution in [0.15, 0.2) is 0 Å². The zero-order chi connectivity index (χ0) is 14.0. The second-order valence-corrected chi connectivity index (χ2v) is 7.62. The van der Waals surface area contributed by atoms with Gasteiger partial charge in [-0.05, 0) is 17.3 Å². The van der Waals surface area contributed by atoms with Crippen molar-refractivity contribution in [2.24, 2.45) is 16.7 Å². The fourth-order valence-corrected chi connectivity index (χ4v) is 2.38. The third-order valence-electron chi connectivity index (χ3n) is 3.48. The zero-order valence-corrected chi connectivity index (χ0v) is 12.9. The van der Waals surface area contributed by atoms with Crippen molar-refractivity contribution in [3.05, 3.63) is 0 Å². The highest BCUT2D eigenvalue weighted by Crippen LogP contribution is 2.37. The van der Waals surface area contributed by atoms with Crippen LogP contribution in [-0.2, 0) is 9.53 Å². The molecular formula is C15H29NO2. The van der Waals surface area contributed by atoms with Crippen LogP contribution in [0.3, 0.4) is 0 Å². The normalized spacial score (nSPS) is 19.8. The molecule has 0 aromatic heterocycles. The minimum Gasteiger partial charge on any atom is -0.378 e. The molecule has 106 valence electrons. The molecule has 1 saturated heterocycles. The van der Waals surface area contributed by atoms with Crippen LogP contribution in [0.2, 0.25) is 0 Å². The van der Waals surface area contributed by atoms with Gasteiger partial charge in [0.05, 0.1) is 13.2 Å². The second kappa shape index (κ2) is 5.60. The molecule has 18 heavy (non-hydrogen) atoms. The van der Waals surface area contributed by atoms with Gasteiger partial charge in [0.2, 0.25) is 5.91 Å². The summed E-state index contributed by atoms with van der Waals surface area (Å²) in [4.78, 5) is 14.7. The molecule has 0 bridgehead atoms. The van der Waals surface area contributed by atoms with E-state index in [2.05, 4.69) is 41.5 Å². The van der Waals surface area contributed by atoms with E-state index >= 15 is 0 Å². The maximum atomic E-state index is 12.7. The summed E-state index contributed by atoms with van der Waals surface area (Å²) in [7, 11) is 0. The van der Waals surface area contributed by atoms with E-state index in [0.29, 0.717) is 19.1 Å². The molecule has 0 radical (unpaired) electrons. The van der Waals surface area contributed by atoms with Crippen molar-refractivity contribution < 1.29 is 9.53 Å². The van der Waals surface area contributed by atoms with Crippen molar-refractivity contribution in [1.82, 2.24) is 4.90 Å². The Bertz CT molecular complexity index is 280. The van der Waals surface area contributed by atoms with E-state index in [1.54, 1.807) is 0 Å². The molecule has 1 fully saturated rings. The maximum Gasteiger partial charge on any atom is 0.226 e. The maximum absolute atomic E-state index is 12.7. The van der Waals surface area contributed by atoms with E-state index in [1.165, 1.54) is 0 Å². The fourth-order valence-electron chi connectivity index (χ4n) is 2.38. The highest BCUT2D eigenvalue weighted by molar-refractivity contribution is 5.79. The predicted molar refractivity (Wildman–Crippen MR) is 74.4 cm³/mol. The molecule has 0 aromatic carbocycles. The van der Waals surface area contributed by atoms with Gasteiger partial charge in [-0.2, -0.15) is 0 Å². The quantitative estimate of drug-likeness (QED) is 0.759. The number of morpholine rings is 1. The SMILES string of the molecule is CC(C)(C)C[C@@H](C(=O)N1CCOCC1)C(C)(C)C. The number of hydrogen-bond donors (Lipinski definition) is 0. The first-order chi connectivity index (χ1) is 8.11. The van der Waals surface area contributed by atoms with Crippen LogP contribution in [0.4, 0.5) is 0 Å². The minimum absolute atomic E-state index is 0.0165. The van der Waals surface area contributed by atoms with Crippen molar-refractivity contribution in [3.8, 4) is 0 Å². The van der Waals surface area contributed by atoms with Crippen molar-refractivity contribution in [2.45, 2.75) is 48.0 Å². The first-order valence-electron chi connectivity index (χ1n) is 6.98. The summed E-state index contributed by atoms with van der Waals surface area (Å²) in [5, 5.41) is 0. The van der Waals surface area contributed by atoms with Gasteiger partial charge in [0.15, 0.2) is 0 Å². The second-order valence-electron chi connectivity index (χ2n) is 7.62. The Morgan fingerprint density at radius 1 is 1.11 bits per heavy atom. The van der Waals surface area contributed by atoms with Crippen molar-refractivity contribution in [3.63, 3.8) is 0 Å². The Morgan fingerprint density at radius 2 is 1.61 bits per heavy atom. The summed E-state index contributed by atoms with van der Waals surface area (Å²) < 4.78 is 5.32. The first kappa shape index (κ1) is 15.5. The van der Waals surface area contributed by atoms with Crippen LogP contribution in [0.25, 0.3) is 0 Å². The summed E-state index contributed by atoms with van der Waals surface area (Å²) in [5.41, 5.74) is 0.197. The highest BCUT2D eigenvalue weighted by atomic mass is 16.5. The molecule has 1 aliphatic heterocycles. The van der Waals surface area contributed by atoms with Crippen LogP contribution in [-0.4, -0.2) is 37.1 Å². The summed E-state index contributed by atoms with van der Waals surface area (Å²) >= 11 is 0. The molecule has 3 nitrogen and oxygen atoms in total. The Labute approximate surface area is 112 Å². The standard InChI is InChI=1S/C15H29NO2/c1-14(2,3)11-12(15(4,5)6)13(17)16-7-9-18-10-8-16/h12H,7-11H2,1-6H3/t12-/m0/s1. The molecule has 1 amide bonds. The predicted octanol–water partition coefficient (Wildman–Crippen LogP) is 2.94. The largest absolute Gasteiger partial charge is 0.378 e. The van der Waals surface area contributed by atoms with Crippen molar-refractivity contribution in [2.75, 3.05) is 26.3 Å². The zero-order valence-electron chi connectivity index (χ0n) is 12.9. The van der Waals surface area contributed by atoms with Gasteiger partial charge < -0.3 is 9.64 Å². The average molecular weight is 255 g/mol. The number of carbonyl (C=O) groups is 1. The molecular weight excluding hydrogens is 226 g/mol. The van der Waals surface area contributed by atoms with Gasteiger partial charge in [0.1, 0.15) is 0 Å². The van der Waals surface area contributed by atoms with Gasteiger partial charge >= 0.3 is 0 Å². The number of hydrogen-bond acceptors (Lipinski definition) is 2. The molecule has 1 heterocycles. The molecule has 0 aromatic rings. The lowest BCUT2D eigenvalue weighted by molar-refractivity contribution is -0.144. The van der Waals surface area contributed by atoms with Crippen LogP contribution in [0, 0.1) is 16.7 Å². The highest BCUT2D eigenvalue weighted by Gasteiger charge is 2.37. The molecule has 0 spiro atoms. The lowest BCUT2D eigenvalue weighted by Crippen LogP contribution is -2.47. The van der Waals surface area contributed by atoms with Gasteiger partial charge in [-0.1, -0.05) is 41.5 Å². The summed E-state index contributed by atoms with van der Waals surface area (Å²) in [6, 6.07) is 0. The van der Waals surface area contributed by atoms with E-state index in [1.807, 2.05) is 4.90 Å². The van der Waals surface area contributed by atoms with Gasteiger partial charge in [-0.15, -0.1) is 0 Å². The van der Waals surface area contributed by atoms with Crippen LogP contribution < -0.4 is 0 Å². The molecule has 3 heteroatoms. The van der Waals surface area contributed by atoms with E-state index < -0.39 is 0 Å². The monoisotopic (exact) mass is 255 g/mol. The lowest BCUT2D eigenvalue weighted by Gasteiger charge is -2.39. The number of ether oxygens (including phenoxy) is 1. The van der Waals surface area contributed by atoms with Gasteiger partial charge in [0.25, 0.3) is 0 Å². The van der Waals surface area contributed by atoms with Crippen LogP contribution in [0.5, 0.6) is 0 Å². The molecule has 0 saturated carbocycles. The minimum atomic E-state index is 0.0165. The number of amides is 1. The van der Waals surface area contributed by atoms with Crippen molar-refractivity contribution >= 4 is 5.91 Å². The molecule has 1 atom stereocenters. The molecule has 1 aliphatic rings. The smallest absolute Gasteiger partial charge is 0.226 e. The summed E-state index contributed by atoms with van der Waals surface area (Å²) in [6.45, 7) is 16.0. The fraction of sp³-hybridized carbons (Fsp3) is 0.933. The lowest BCUT2D eigenvalue weighted by atomic mass is 9.71. The Balaban J connectivity index is 2.79. The van der Waals surface area contributed by atoms with Crippen LogP contribution >= 0.6 is 0 Å². The van der Waals surface area contributed by atoms with E-state index in [-0.39, 0.29) is 16.7 Å². The molecule has 1 rings (SSSR count). The molecule has 0 unspecified atom stereocenters. The number of carbonyl (C=O) groups excluding carboxylic acids is 1.